The summed E-state index contributed by atoms with van der Waals surface area (Å²) in [5.74, 6) is 1.53. The molecule has 3 heteroatoms. The molecule has 1 aliphatic heterocycles. The summed E-state index contributed by atoms with van der Waals surface area (Å²) in [5, 5.41) is 6.24. The zero-order valence-corrected chi connectivity index (χ0v) is 13.3. The van der Waals surface area contributed by atoms with E-state index in [0.29, 0.717) is 0 Å². The molecule has 1 aliphatic rings. The molecular formula is C20H19NO2. The van der Waals surface area contributed by atoms with E-state index in [1.54, 1.807) is 14.2 Å². The molecule has 3 aromatic carbocycles. The molecule has 0 fully saturated rings. The molecule has 0 amide bonds. The Balaban J connectivity index is 1.72. The summed E-state index contributed by atoms with van der Waals surface area (Å²) < 4.78 is 10.8. The molecule has 1 heterocycles. The first-order valence-corrected chi connectivity index (χ1v) is 7.79. The quantitative estimate of drug-likeness (QED) is 0.769. The monoisotopic (exact) mass is 305 g/mol. The van der Waals surface area contributed by atoms with Crippen molar-refractivity contribution in [2.45, 2.75) is 12.5 Å². The van der Waals surface area contributed by atoms with Crippen LogP contribution in [0.5, 0.6) is 11.5 Å². The van der Waals surface area contributed by atoms with Gasteiger partial charge < -0.3 is 14.8 Å². The van der Waals surface area contributed by atoms with Gasteiger partial charge in [-0.05, 0) is 35.1 Å². The van der Waals surface area contributed by atoms with E-state index in [-0.39, 0.29) is 6.04 Å². The van der Waals surface area contributed by atoms with E-state index in [9.17, 15) is 0 Å². The van der Waals surface area contributed by atoms with Crippen molar-refractivity contribution in [3.63, 3.8) is 0 Å². The molecule has 0 aliphatic carbocycles. The third kappa shape index (κ3) is 2.29. The normalized spacial score (nSPS) is 16.0. The number of hydrogen-bond donors (Lipinski definition) is 1. The third-order valence-corrected chi connectivity index (χ3v) is 4.57. The molecule has 23 heavy (non-hydrogen) atoms. The minimum atomic E-state index is 0.260. The molecule has 1 atom stereocenters. The van der Waals surface area contributed by atoms with Crippen LogP contribution in [0, 0.1) is 0 Å². The maximum Gasteiger partial charge on any atom is 0.161 e. The van der Waals surface area contributed by atoms with Crippen LogP contribution in [-0.2, 0) is 6.42 Å². The Kier molecular flexibility index (Phi) is 3.34. The van der Waals surface area contributed by atoms with Gasteiger partial charge >= 0.3 is 0 Å². The Morgan fingerprint density at radius 1 is 0.913 bits per heavy atom. The van der Waals surface area contributed by atoms with Crippen molar-refractivity contribution in [3.8, 4) is 11.5 Å². The minimum Gasteiger partial charge on any atom is -0.493 e. The lowest BCUT2D eigenvalue weighted by molar-refractivity contribution is 0.354. The molecule has 1 unspecified atom stereocenters. The van der Waals surface area contributed by atoms with Crippen molar-refractivity contribution in [3.05, 3.63) is 65.7 Å². The van der Waals surface area contributed by atoms with E-state index in [1.807, 2.05) is 6.07 Å². The average molecular weight is 305 g/mol. The van der Waals surface area contributed by atoms with Crippen LogP contribution in [0.25, 0.3) is 10.8 Å². The number of hydrogen-bond acceptors (Lipinski definition) is 3. The zero-order valence-electron chi connectivity index (χ0n) is 13.3. The summed E-state index contributed by atoms with van der Waals surface area (Å²) in [6.45, 7) is 0. The second kappa shape index (κ2) is 5.51. The highest BCUT2D eigenvalue weighted by molar-refractivity contribution is 5.96. The zero-order chi connectivity index (χ0) is 15.8. The topological polar surface area (TPSA) is 30.5 Å². The van der Waals surface area contributed by atoms with Gasteiger partial charge in [-0.15, -0.1) is 0 Å². The van der Waals surface area contributed by atoms with E-state index >= 15 is 0 Å². The number of methoxy groups -OCH3 is 2. The molecule has 3 aromatic rings. The predicted octanol–water partition coefficient (Wildman–Crippen LogP) is 4.57. The first kappa shape index (κ1) is 13.9. The van der Waals surface area contributed by atoms with Gasteiger partial charge in [0.25, 0.3) is 0 Å². The molecule has 1 N–H and O–H groups in total. The number of fused-ring (bicyclic) bond motifs is 3. The van der Waals surface area contributed by atoms with Gasteiger partial charge in [0, 0.05) is 11.1 Å². The van der Waals surface area contributed by atoms with Crippen LogP contribution < -0.4 is 14.8 Å². The van der Waals surface area contributed by atoms with Gasteiger partial charge in [0.05, 0.1) is 20.3 Å². The summed E-state index contributed by atoms with van der Waals surface area (Å²) in [4.78, 5) is 0. The van der Waals surface area contributed by atoms with Gasteiger partial charge in [0.1, 0.15) is 0 Å². The Morgan fingerprint density at radius 2 is 1.74 bits per heavy atom. The van der Waals surface area contributed by atoms with Crippen molar-refractivity contribution in [1.29, 1.82) is 0 Å². The molecule has 3 nitrogen and oxygen atoms in total. The lowest BCUT2D eigenvalue weighted by atomic mass is 10.0. The van der Waals surface area contributed by atoms with Gasteiger partial charge in [-0.1, -0.05) is 42.5 Å². The SMILES string of the molecule is COc1ccc(C2Cc3ccc4ccccc4c3N2)cc1OC. The van der Waals surface area contributed by atoms with Gasteiger partial charge in [-0.2, -0.15) is 0 Å². The predicted molar refractivity (Wildman–Crippen MR) is 93.6 cm³/mol. The van der Waals surface area contributed by atoms with Crippen molar-refractivity contribution in [2.24, 2.45) is 0 Å². The Morgan fingerprint density at radius 3 is 2.57 bits per heavy atom. The summed E-state index contributed by atoms with van der Waals surface area (Å²) >= 11 is 0. The minimum absolute atomic E-state index is 0.260. The van der Waals surface area contributed by atoms with E-state index < -0.39 is 0 Å². The molecule has 0 spiro atoms. The number of benzene rings is 3. The summed E-state index contributed by atoms with van der Waals surface area (Å²) in [5.41, 5.74) is 3.83. The molecule has 0 aromatic heterocycles. The number of ether oxygens (including phenoxy) is 2. The van der Waals surface area contributed by atoms with Crippen LogP contribution >= 0.6 is 0 Å². The fourth-order valence-corrected chi connectivity index (χ4v) is 3.37. The van der Waals surface area contributed by atoms with E-state index in [1.165, 1.54) is 27.6 Å². The summed E-state index contributed by atoms with van der Waals surface area (Å²) in [7, 11) is 3.33. The third-order valence-electron chi connectivity index (χ3n) is 4.57. The Bertz CT molecular complexity index is 873. The van der Waals surface area contributed by atoms with Crippen molar-refractivity contribution in [1.82, 2.24) is 0 Å². The molecular weight excluding hydrogens is 286 g/mol. The molecule has 116 valence electrons. The van der Waals surface area contributed by atoms with E-state index in [2.05, 4.69) is 53.8 Å². The van der Waals surface area contributed by atoms with Gasteiger partial charge in [-0.3, -0.25) is 0 Å². The highest BCUT2D eigenvalue weighted by Crippen LogP contribution is 2.40. The van der Waals surface area contributed by atoms with Crippen molar-refractivity contribution in [2.75, 3.05) is 19.5 Å². The molecule has 4 rings (SSSR count). The van der Waals surface area contributed by atoms with Crippen LogP contribution in [0.3, 0.4) is 0 Å². The van der Waals surface area contributed by atoms with Gasteiger partial charge in [0.2, 0.25) is 0 Å². The molecule has 0 saturated heterocycles. The first-order valence-electron chi connectivity index (χ1n) is 7.79. The second-order valence-corrected chi connectivity index (χ2v) is 5.84. The molecule has 0 bridgehead atoms. The fourth-order valence-electron chi connectivity index (χ4n) is 3.37. The molecule has 0 saturated carbocycles. The van der Waals surface area contributed by atoms with Gasteiger partial charge in [-0.25, -0.2) is 0 Å². The summed E-state index contributed by atoms with van der Waals surface area (Å²) in [6.07, 6.45) is 0.982. The maximum absolute atomic E-state index is 5.43. The van der Waals surface area contributed by atoms with Crippen molar-refractivity contribution >= 4 is 16.5 Å². The average Bonchev–Trinajstić information content (AvgIpc) is 3.05. The van der Waals surface area contributed by atoms with Crippen LogP contribution in [0.2, 0.25) is 0 Å². The van der Waals surface area contributed by atoms with Crippen LogP contribution in [0.4, 0.5) is 5.69 Å². The van der Waals surface area contributed by atoms with E-state index in [0.717, 1.165) is 17.9 Å². The van der Waals surface area contributed by atoms with Crippen LogP contribution in [-0.4, -0.2) is 14.2 Å². The smallest absolute Gasteiger partial charge is 0.161 e. The standard InChI is InChI=1S/C20H19NO2/c1-22-18-10-9-14(12-19(18)23-2)17-11-15-8-7-13-5-3-4-6-16(13)20(15)21-17/h3-10,12,17,21H,11H2,1-2H3. The Hall–Kier alpha value is -2.68. The largest absolute Gasteiger partial charge is 0.493 e. The number of anilines is 1. The number of rotatable bonds is 3. The molecule has 0 radical (unpaired) electrons. The second-order valence-electron chi connectivity index (χ2n) is 5.84. The highest BCUT2D eigenvalue weighted by Gasteiger charge is 2.24. The first-order chi connectivity index (χ1) is 11.3. The fraction of sp³-hybridized carbons (Fsp3) is 0.200. The summed E-state index contributed by atoms with van der Waals surface area (Å²) in [6, 6.07) is 19.3. The van der Waals surface area contributed by atoms with Crippen LogP contribution in [0.1, 0.15) is 17.2 Å². The maximum atomic E-state index is 5.43. The van der Waals surface area contributed by atoms with Crippen LogP contribution in [0.15, 0.2) is 54.6 Å². The highest BCUT2D eigenvalue weighted by atomic mass is 16.5. The van der Waals surface area contributed by atoms with Gasteiger partial charge in [0.15, 0.2) is 11.5 Å². The number of nitrogens with one attached hydrogen (secondary N) is 1. The lowest BCUT2D eigenvalue weighted by Crippen LogP contribution is -2.06. The lowest BCUT2D eigenvalue weighted by Gasteiger charge is -2.15. The van der Waals surface area contributed by atoms with Crippen molar-refractivity contribution < 1.29 is 9.47 Å². The Labute approximate surface area is 135 Å². The van der Waals surface area contributed by atoms with E-state index in [4.69, 9.17) is 9.47 Å².